The van der Waals surface area contributed by atoms with Crippen LogP contribution in [0.3, 0.4) is 0 Å². The van der Waals surface area contributed by atoms with E-state index in [4.69, 9.17) is 0 Å². The second-order valence-electron chi connectivity index (χ2n) is 4.65. The number of hydrogen-bond donors (Lipinski definition) is 1. The number of likely N-dealkylation sites (tertiary alicyclic amines) is 1. The third-order valence-corrected chi connectivity index (χ3v) is 4.72. The summed E-state index contributed by atoms with van der Waals surface area (Å²) in [5.74, 6) is 0.0376. The van der Waals surface area contributed by atoms with E-state index in [0.717, 1.165) is 28.9 Å². The largest absolute Gasteiger partial charge is 0.352 e. The van der Waals surface area contributed by atoms with Crippen molar-refractivity contribution in [2.75, 3.05) is 26.2 Å². The molecule has 100 valence electrons. The zero-order valence-corrected chi connectivity index (χ0v) is 12.9. The molecule has 2 heterocycles. The zero-order chi connectivity index (χ0) is 12.8. The minimum atomic E-state index is 0.0376. The number of nitrogens with one attached hydrogen (secondary N) is 1. The number of rotatable bonds is 5. The predicted molar refractivity (Wildman–Crippen MR) is 79.3 cm³/mol. The highest BCUT2D eigenvalue weighted by molar-refractivity contribution is 9.11. The Hall–Kier alpha value is -0.390. The molecule has 18 heavy (non-hydrogen) atoms. The number of halogens is 1. The molecule has 0 aliphatic carbocycles. The molecule has 0 saturated carbocycles. The summed E-state index contributed by atoms with van der Waals surface area (Å²) < 4.78 is 1.00. The van der Waals surface area contributed by atoms with Crippen molar-refractivity contribution in [2.24, 2.45) is 0 Å². The lowest BCUT2D eigenvalue weighted by atomic mass is 10.1. The van der Waals surface area contributed by atoms with Crippen LogP contribution < -0.4 is 5.32 Å². The van der Waals surface area contributed by atoms with Gasteiger partial charge in [0.15, 0.2) is 0 Å². The quantitative estimate of drug-likeness (QED) is 0.841. The van der Waals surface area contributed by atoms with Crippen molar-refractivity contribution in [1.82, 2.24) is 10.2 Å². The maximum absolute atomic E-state index is 11.8. The van der Waals surface area contributed by atoms with Crippen LogP contribution >= 0.6 is 27.3 Å². The lowest BCUT2D eigenvalue weighted by molar-refractivity contribution is 0.0951. The Kier molecular flexibility index (Phi) is 5.66. The van der Waals surface area contributed by atoms with Crippen molar-refractivity contribution in [3.8, 4) is 0 Å². The maximum Gasteiger partial charge on any atom is 0.252 e. The van der Waals surface area contributed by atoms with Gasteiger partial charge in [0.2, 0.25) is 0 Å². The van der Waals surface area contributed by atoms with Gasteiger partial charge in [0.1, 0.15) is 0 Å². The van der Waals surface area contributed by atoms with Crippen molar-refractivity contribution in [3.63, 3.8) is 0 Å². The van der Waals surface area contributed by atoms with Crippen molar-refractivity contribution in [1.29, 1.82) is 0 Å². The highest BCUT2D eigenvalue weighted by Gasteiger charge is 2.10. The fraction of sp³-hybridized carbons (Fsp3) is 0.615. The summed E-state index contributed by atoms with van der Waals surface area (Å²) >= 11 is 4.91. The van der Waals surface area contributed by atoms with Crippen LogP contribution in [0.4, 0.5) is 0 Å². The van der Waals surface area contributed by atoms with E-state index in [1.807, 2.05) is 11.4 Å². The molecule has 0 atom stereocenters. The van der Waals surface area contributed by atoms with Gasteiger partial charge in [-0.3, -0.25) is 4.79 Å². The molecule has 1 fully saturated rings. The van der Waals surface area contributed by atoms with Crippen LogP contribution in [0, 0.1) is 0 Å². The third-order valence-electron chi connectivity index (χ3n) is 3.22. The first-order valence-electron chi connectivity index (χ1n) is 6.50. The van der Waals surface area contributed by atoms with Crippen LogP contribution in [0.15, 0.2) is 15.2 Å². The normalized spacial score (nSPS) is 16.7. The molecule has 1 aliphatic heterocycles. The highest BCUT2D eigenvalue weighted by Crippen LogP contribution is 2.20. The number of amides is 1. The summed E-state index contributed by atoms with van der Waals surface area (Å²) in [6.45, 7) is 4.33. The summed E-state index contributed by atoms with van der Waals surface area (Å²) in [6.07, 6.45) is 5.07. The zero-order valence-electron chi connectivity index (χ0n) is 10.5. The van der Waals surface area contributed by atoms with E-state index in [1.54, 1.807) is 11.3 Å². The average molecular weight is 331 g/mol. The monoisotopic (exact) mass is 330 g/mol. The molecule has 1 aromatic rings. The number of nitrogens with zero attached hydrogens (tertiary/aromatic N) is 1. The van der Waals surface area contributed by atoms with E-state index in [1.165, 1.54) is 32.4 Å². The molecule has 0 radical (unpaired) electrons. The molecule has 1 amide bonds. The van der Waals surface area contributed by atoms with E-state index in [-0.39, 0.29) is 5.91 Å². The maximum atomic E-state index is 11.8. The lowest BCUT2D eigenvalue weighted by Gasteiger charge is -2.26. The number of piperidine rings is 1. The molecule has 5 heteroatoms. The summed E-state index contributed by atoms with van der Waals surface area (Å²) in [7, 11) is 0. The van der Waals surface area contributed by atoms with Gasteiger partial charge in [-0.25, -0.2) is 0 Å². The Morgan fingerprint density at radius 3 is 2.83 bits per heavy atom. The van der Waals surface area contributed by atoms with Crippen molar-refractivity contribution in [2.45, 2.75) is 25.7 Å². The minimum Gasteiger partial charge on any atom is -0.352 e. The molecule has 0 spiro atoms. The number of thiophene rings is 1. The summed E-state index contributed by atoms with van der Waals surface area (Å²) in [5, 5.41) is 4.85. The number of carbonyl (C=O) groups is 1. The molecular weight excluding hydrogens is 312 g/mol. The van der Waals surface area contributed by atoms with Gasteiger partial charge >= 0.3 is 0 Å². The van der Waals surface area contributed by atoms with Gasteiger partial charge < -0.3 is 10.2 Å². The van der Waals surface area contributed by atoms with Gasteiger partial charge in [0.25, 0.3) is 5.91 Å². The SMILES string of the molecule is O=C(NCCCN1CCCCC1)c1csc(Br)c1. The second-order valence-corrected chi connectivity index (χ2v) is 6.94. The smallest absolute Gasteiger partial charge is 0.252 e. The van der Waals surface area contributed by atoms with E-state index in [2.05, 4.69) is 26.1 Å². The minimum absolute atomic E-state index is 0.0376. The highest BCUT2D eigenvalue weighted by atomic mass is 79.9. The Morgan fingerprint density at radius 2 is 2.17 bits per heavy atom. The van der Waals surface area contributed by atoms with Crippen molar-refractivity contribution in [3.05, 3.63) is 20.8 Å². The molecule has 1 saturated heterocycles. The third kappa shape index (κ3) is 4.37. The van der Waals surface area contributed by atoms with Crippen LogP contribution in [0.2, 0.25) is 0 Å². The second kappa shape index (κ2) is 7.26. The Labute approximate surface area is 121 Å². The van der Waals surface area contributed by atoms with Crippen molar-refractivity contribution >= 4 is 33.2 Å². The molecule has 1 N–H and O–H groups in total. The van der Waals surface area contributed by atoms with Gasteiger partial charge in [0, 0.05) is 11.9 Å². The van der Waals surface area contributed by atoms with Gasteiger partial charge in [0.05, 0.1) is 9.35 Å². The molecule has 0 bridgehead atoms. The number of carbonyl (C=O) groups excluding carboxylic acids is 1. The summed E-state index contributed by atoms with van der Waals surface area (Å²) in [4.78, 5) is 14.3. The molecular formula is C13H19BrN2OS. The first-order valence-corrected chi connectivity index (χ1v) is 8.17. The van der Waals surface area contributed by atoms with Gasteiger partial charge in [-0.2, -0.15) is 0 Å². The summed E-state index contributed by atoms with van der Waals surface area (Å²) in [6, 6.07) is 1.87. The standard InChI is InChI=1S/C13H19BrN2OS/c14-12-9-11(10-18-12)13(17)15-5-4-8-16-6-2-1-3-7-16/h9-10H,1-8H2,(H,15,17). The van der Waals surface area contributed by atoms with Crippen LogP contribution in [0.25, 0.3) is 0 Å². The van der Waals surface area contributed by atoms with E-state index in [9.17, 15) is 4.79 Å². The van der Waals surface area contributed by atoms with Crippen LogP contribution in [0.1, 0.15) is 36.0 Å². The van der Waals surface area contributed by atoms with Gasteiger partial charge in [-0.15, -0.1) is 11.3 Å². The fourth-order valence-corrected chi connectivity index (χ4v) is 3.36. The van der Waals surface area contributed by atoms with E-state index >= 15 is 0 Å². The molecule has 1 aliphatic rings. The van der Waals surface area contributed by atoms with Gasteiger partial charge in [-0.1, -0.05) is 6.42 Å². The Morgan fingerprint density at radius 1 is 1.39 bits per heavy atom. The molecule has 1 aromatic heterocycles. The van der Waals surface area contributed by atoms with Gasteiger partial charge in [-0.05, 0) is 60.9 Å². The van der Waals surface area contributed by atoms with Crippen LogP contribution in [0.5, 0.6) is 0 Å². The lowest BCUT2D eigenvalue weighted by Crippen LogP contribution is -2.33. The Balaban J connectivity index is 1.61. The molecule has 0 unspecified atom stereocenters. The molecule has 2 rings (SSSR count). The molecule has 3 nitrogen and oxygen atoms in total. The van der Waals surface area contributed by atoms with Crippen LogP contribution in [-0.4, -0.2) is 37.0 Å². The molecule has 0 aromatic carbocycles. The first-order chi connectivity index (χ1) is 8.75. The fourth-order valence-electron chi connectivity index (χ4n) is 2.22. The topological polar surface area (TPSA) is 32.3 Å². The summed E-state index contributed by atoms with van der Waals surface area (Å²) in [5.41, 5.74) is 0.754. The predicted octanol–water partition coefficient (Wildman–Crippen LogP) is 3.12. The first kappa shape index (κ1) is 14.0. The van der Waals surface area contributed by atoms with Crippen LogP contribution in [-0.2, 0) is 0 Å². The Bertz CT molecular complexity index is 388. The van der Waals surface area contributed by atoms with E-state index < -0.39 is 0 Å². The van der Waals surface area contributed by atoms with Crippen molar-refractivity contribution < 1.29 is 4.79 Å². The van der Waals surface area contributed by atoms with E-state index in [0.29, 0.717) is 0 Å². The number of hydrogen-bond acceptors (Lipinski definition) is 3. The average Bonchev–Trinajstić information content (AvgIpc) is 2.82.